The minimum absolute atomic E-state index is 0.0731. The molecule has 1 atom stereocenters. The van der Waals surface area contributed by atoms with Crippen molar-refractivity contribution in [1.29, 1.82) is 0 Å². The van der Waals surface area contributed by atoms with Gasteiger partial charge in [0.15, 0.2) is 6.61 Å². The van der Waals surface area contributed by atoms with Crippen LogP contribution in [-0.2, 0) is 11.3 Å². The van der Waals surface area contributed by atoms with Gasteiger partial charge in [0.2, 0.25) is 0 Å². The van der Waals surface area contributed by atoms with Crippen molar-refractivity contribution in [1.82, 2.24) is 10.2 Å². The number of rotatable bonds is 8. The van der Waals surface area contributed by atoms with Gasteiger partial charge in [-0.2, -0.15) is 0 Å². The number of nitrogens with one attached hydrogen (secondary N) is 1. The molecule has 134 valence electrons. The molecule has 2 aromatic rings. The highest BCUT2D eigenvalue weighted by Gasteiger charge is 2.20. The monoisotopic (exact) mass is 342 g/mol. The molecule has 1 aromatic heterocycles. The normalized spacial score (nSPS) is 15.3. The summed E-state index contributed by atoms with van der Waals surface area (Å²) in [5.74, 6) is 1.75. The first-order valence-electron chi connectivity index (χ1n) is 9.03. The molecule has 5 heteroatoms. The Balaban J connectivity index is 1.62. The molecule has 0 saturated carbocycles. The Hall–Kier alpha value is -2.27. The third-order valence-electron chi connectivity index (χ3n) is 4.62. The van der Waals surface area contributed by atoms with E-state index in [1.165, 1.54) is 0 Å². The first-order valence-corrected chi connectivity index (χ1v) is 9.03. The van der Waals surface area contributed by atoms with Gasteiger partial charge in [0, 0.05) is 24.7 Å². The highest BCUT2D eigenvalue weighted by Crippen LogP contribution is 2.27. The molecule has 1 fully saturated rings. The van der Waals surface area contributed by atoms with Crippen LogP contribution in [0.5, 0.6) is 5.75 Å². The quantitative estimate of drug-likeness (QED) is 0.797. The Morgan fingerprint density at radius 2 is 2.04 bits per heavy atom. The lowest BCUT2D eigenvalue weighted by Gasteiger charge is -2.21. The van der Waals surface area contributed by atoms with Crippen LogP contribution in [-0.4, -0.2) is 30.5 Å². The van der Waals surface area contributed by atoms with Crippen LogP contribution in [0.4, 0.5) is 0 Å². The van der Waals surface area contributed by atoms with E-state index >= 15 is 0 Å². The van der Waals surface area contributed by atoms with Crippen LogP contribution in [0.25, 0.3) is 0 Å². The molecular weight excluding hydrogens is 316 g/mol. The molecule has 0 bridgehead atoms. The number of hydrogen-bond acceptors (Lipinski definition) is 4. The van der Waals surface area contributed by atoms with Gasteiger partial charge in [0.1, 0.15) is 11.5 Å². The van der Waals surface area contributed by atoms with E-state index in [1.807, 2.05) is 35.2 Å². The van der Waals surface area contributed by atoms with Gasteiger partial charge in [-0.1, -0.05) is 25.1 Å². The van der Waals surface area contributed by atoms with E-state index in [0.717, 1.165) is 49.4 Å². The minimum atomic E-state index is 0.0731. The zero-order valence-corrected chi connectivity index (χ0v) is 14.7. The molecule has 1 amide bonds. The highest BCUT2D eigenvalue weighted by molar-refractivity contribution is 5.78. The first kappa shape index (κ1) is 17.5. The maximum atomic E-state index is 12.2. The molecular formula is C20H26N2O3. The first-order chi connectivity index (χ1) is 12.3. The van der Waals surface area contributed by atoms with Crippen LogP contribution >= 0.6 is 0 Å². The smallest absolute Gasteiger partial charge is 0.260 e. The minimum Gasteiger partial charge on any atom is -0.483 e. The van der Waals surface area contributed by atoms with Gasteiger partial charge in [-0.3, -0.25) is 4.79 Å². The Bertz CT molecular complexity index is 663. The number of furan rings is 1. The zero-order valence-electron chi connectivity index (χ0n) is 14.7. The van der Waals surface area contributed by atoms with E-state index in [2.05, 4.69) is 18.3 Å². The van der Waals surface area contributed by atoms with Gasteiger partial charge < -0.3 is 19.4 Å². The summed E-state index contributed by atoms with van der Waals surface area (Å²) in [6.45, 7) is 4.60. The number of carbonyl (C=O) groups excluding carboxylic acids is 1. The van der Waals surface area contributed by atoms with Gasteiger partial charge in [0.25, 0.3) is 5.91 Å². The lowest BCUT2D eigenvalue weighted by molar-refractivity contribution is -0.132. The molecule has 1 aliphatic rings. The summed E-state index contributed by atoms with van der Waals surface area (Å²) in [4.78, 5) is 14.1. The second kappa shape index (κ2) is 8.72. The highest BCUT2D eigenvalue weighted by atomic mass is 16.5. The second-order valence-corrected chi connectivity index (χ2v) is 6.34. The maximum Gasteiger partial charge on any atom is 0.260 e. The summed E-state index contributed by atoms with van der Waals surface area (Å²) in [6.07, 6.45) is 4.79. The fraction of sp³-hybridized carbons (Fsp3) is 0.450. The van der Waals surface area contributed by atoms with Crippen molar-refractivity contribution in [2.45, 2.75) is 38.8 Å². The van der Waals surface area contributed by atoms with Crippen molar-refractivity contribution in [3.8, 4) is 5.75 Å². The number of ether oxygens (including phenoxy) is 1. The van der Waals surface area contributed by atoms with Crippen molar-refractivity contribution in [2.75, 3.05) is 19.7 Å². The molecule has 5 nitrogen and oxygen atoms in total. The largest absolute Gasteiger partial charge is 0.483 e. The van der Waals surface area contributed by atoms with Crippen LogP contribution in [0, 0.1) is 0 Å². The van der Waals surface area contributed by atoms with Crippen molar-refractivity contribution in [3.63, 3.8) is 0 Å². The molecule has 0 spiro atoms. The average Bonchev–Trinajstić information content (AvgIpc) is 3.35. The fourth-order valence-electron chi connectivity index (χ4n) is 3.21. The van der Waals surface area contributed by atoms with Crippen LogP contribution < -0.4 is 10.1 Å². The Labute approximate surface area is 149 Å². The predicted molar refractivity (Wildman–Crippen MR) is 96.3 cm³/mol. The van der Waals surface area contributed by atoms with E-state index < -0.39 is 0 Å². The number of amides is 1. The number of likely N-dealkylation sites (tertiary alicyclic amines) is 1. The van der Waals surface area contributed by atoms with Crippen molar-refractivity contribution in [2.24, 2.45) is 0 Å². The summed E-state index contributed by atoms with van der Waals surface area (Å²) < 4.78 is 11.3. The molecule has 0 radical (unpaired) electrons. The molecule has 25 heavy (non-hydrogen) atoms. The summed E-state index contributed by atoms with van der Waals surface area (Å²) >= 11 is 0. The van der Waals surface area contributed by atoms with Crippen LogP contribution in [0.15, 0.2) is 47.1 Å². The number of benzene rings is 1. The Morgan fingerprint density at radius 3 is 2.76 bits per heavy atom. The average molecular weight is 342 g/mol. The lowest BCUT2D eigenvalue weighted by atomic mass is 10.0. The van der Waals surface area contributed by atoms with Crippen molar-refractivity contribution < 1.29 is 13.9 Å². The Kier molecular flexibility index (Phi) is 6.12. The van der Waals surface area contributed by atoms with Crippen LogP contribution in [0.2, 0.25) is 0 Å². The topological polar surface area (TPSA) is 54.7 Å². The van der Waals surface area contributed by atoms with Crippen LogP contribution in [0.3, 0.4) is 0 Å². The van der Waals surface area contributed by atoms with Gasteiger partial charge in [-0.25, -0.2) is 0 Å². The standard InChI is InChI=1S/C20H26N2O3/c1-2-18(21-14-16-8-7-13-24-16)17-9-3-4-10-19(17)25-15-20(23)22-11-5-6-12-22/h3-4,7-10,13,18,21H,2,5-6,11-12,14-15H2,1H3. The molecule has 1 saturated heterocycles. The Morgan fingerprint density at radius 1 is 1.24 bits per heavy atom. The molecule has 1 unspecified atom stereocenters. The van der Waals surface area contributed by atoms with Crippen LogP contribution in [0.1, 0.15) is 43.6 Å². The molecule has 1 aliphatic heterocycles. The number of para-hydroxylation sites is 1. The number of carbonyl (C=O) groups is 1. The summed E-state index contributed by atoms with van der Waals surface area (Å²) in [7, 11) is 0. The van der Waals surface area contributed by atoms with Gasteiger partial charge in [-0.05, 0) is 37.5 Å². The molecule has 1 N–H and O–H groups in total. The zero-order chi connectivity index (χ0) is 17.5. The SMILES string of the molecule is CCC(NCc1ccco1)c1ccccc1OCC(=O)N1CCCC1. The third kappa shape index (κ3) is 4.63. The van der Waals surface area contributed by atoms with E-state index in [4.69, 9.17) is 9.15 Å². The molecule has 0 aliphatic carbocycles. The molecule has 1 aromatic carbocycles. The maximum absolute atomic E-state index is 12.2. The summed E-state index contributed by atoms with van der Waals surface area (Å²) in [5, 5.41) is 3.50. The van der Waals surface area contributed by atoms with Crippen molar-refractivity contribution >= 4 is 5.91 Å². The van der Waals surface area contributed by atoms with E-state index in [0.29, 0.717) is 6.54 Å². The summed E-state index contributed by atoms with van der Waals surface area (Å²) in [5.41, 5.74) is 1.07. The fourth-order valence-corrected chi connectivity index (χ4v) is 3.21. The van der Waals surface area contributed by atoms with Crippen molar-refractivity contribution in [3.05, 3.63) is 54.0 Å². The van der Waals surface area contributed by atoms with E-state index in [1.54, 1.807) is 6.26 Å². The molecule has 2 heterocycles. The predicted octanol–water partition coefficient (Wildman–Crippen LogP) is 3.52. The van der Waals surface area contributed by atoms with Gasteiger partial charge in [-0.15, -0.1) is 0 Å². The van der Waals surface area contributed by atoms with E-state index in [9.17, 15) is 4.79 Å². The summed E-state index contributed by atoms with van der Waals surface area (Å²) in [6, 6.07) is 11.9. The number of nitrogens with zero attached hydrogens (tertiary/aromatic N) is 1. The second-order valence-electron chi connectivity index (χ2n) is 6.34. The lowest BCUT2D eigenvalue weighted by Crippen LogP contribution is -2.32. The molecule has 3 rings (SSSR count). The number of hydrogen-bond donors (Lipinski definition) is 1. The van der Waals surface area contributed by atoms with E-state index in [-0.39, 0.29) is 18.6 Å². The van der Waals surface area contributed by atoms with Gasteiger partial charge >= 0.3 is 0 Å². The van der Waals surface area contributed by atoms with Gasteiger partial charge in [0.05, 0.1) is 12.8 Å². The third-order valence-corrected chi connectivity index (χ3v) is 4.62.